The van der Waals surface area contributed by atoms with Gasteiger partial charge in [-0.1, -0.05) is 35.8 Å². The number of halogens is 1. The van der Waals surface area contributed by atoms with Crippen LogP contribution in [0.2, 0.25) is 0 Å². The van der Waals surface area contributed by atoms with Gasteiger partial charge in [0.25, 0.3) is 0 Å². The van der Waals surface area contributed by atoms with Crippen LogP contribution in [0.5, 0.6) is 0 Å². The zero-order valence-electron chi connectivity index (χ0n) is 10.5. The maximum absolute atomic E-state index is 3.71. The van der Waals surface area contributed by atoms with Crippen molar-refractivity contribution in [3.63, 3.8) is 0 Å². The zero-order valence-corrected chi connectivity index (χ0v) is 12.9. The van der Waals surface area contributed by atoms with Gasteiger partial charge in [-0.15, -0.1) is 0 Å². The second kappa shape index (κ2) is 6.26. The highest BCUT2D eigenvalue weighted by Gasteiger charge is 2.24. The molecule has 2 unspecified atom stereocenters. The minimum absolute atomic E-state index is 0.512. The van der Waals surface area contributed by atoms with Crippen molar-refractivity contribution in [1.29, 1.82) is 0 Å². The van der Waals surface area contributed by atoms with Crippen LogP contribution in [0.3, 0.4) is 0 Å². The van der Waals surface area contributed by atoms with Gasteiger partial charge in [0.2, 0.25) is 0 Å². The van der Waals surface area contributed by atoms with Crippen LogP contribution in [0, 0.1) is 5.92 Å². The Hall–Kier alpha value is 0.01000. The van der Waals surface area contributed by atoms with Crippen LogP contribution in [0.15, 0.2) is 22.7 Å². The Labute approximate surface area is 117 Å². The third-order valence-electron chi connectivity index (χ3n) is 3.26. The van der Waals surface area contributed by atoms with Crippen molar-refractivity contribution in [2.45, 2.75) is 32.1 Å². The fourth-order valence-electron chi connectivity index (χ4n) is 2.36. The van der Waals surface area contributed by atoms with Crippen molar-refractivity contribution in [2.24, 2.45) is 5.92 Å². The van der Waals surface area contributed by atoms with Gasteiger partial charge in [-0.25, -0.2) is 0 Å². The molecule has 0 radical (unpaired) electrons. The lowest BCUT2D eigenvalue weighted by molar-refractivity contribution is 0.418. The van der Waals surface area contributed by atoms with Crippen molar-refractivity contribution in [2.75, 3.05) is 12.3 Å². The quantitative estimate of drug-likeness (QED) is 0.889. The summed E-state index contributed by atoms with van der Waals surface area (Å²) in [5.74, 6) is 3.09. The molecule has 1 N–H and O–H groups in total. The molecule has 1 nitrogen and oxygen atoms in total. The normalized spacial score (nSPS) is 24.2. The molecule has 0 spiro atoms. The summed E-state index contributed by atoms with van der Waals surface area (Å²) in [6, 6.07) is 7.24. The maximum atomic E-state index is 3.71. The summed E-state index contributed by atoms with van der Waals surface area (Å²) < 4.78 is 1.19. The summed E-state index contributed by atoms with van der Waals surface area (Å²) in [6.45, 7) is 5.69. The van der Waals surface area contributed by atoms with E-state index in [1.165, 1.54) is 27.8 Å². The van der Waals surface area contributed by atoms with E-state index in [1.54, 1.807) is 0 Å². The van der Waals surface area contributed by atoms with Gasteiger partial charge in [-0.3, -0.25) is 0 Å². The van der Waals surface area contributed by atoms with Crippen LogP contribution < -0.4 is 5.32 Å². The van der Waals surface area contributed by atoms with Gasteiger partial charge in [-0.2, -0.15) is 11.8 Å². The van der Waals surface area contributed by atoms with Gasteiger partial charge in [0, 0.05) is 16.3 Å². The molecule has 0 saturated heterocycles. The van der Waals surface area contributed by atoms with Gasteiger partial charge < -0.3 is 5.32 Å². The van der Waals surface area contributed by atoms with Gasteiger partial charge >= 0.3 is 0 Å². The topological polar surface area (TPSA) is 12.0 Å². The lowest BCUT2D eigenvalue weighted by Crippen LogP contribution is -2.28. The van der Waals surface area contributed by atoms with E-state index in [2.05, 4.69) is 65.1 Å². The molecule has 94 valence electrons. The molecule has 3 heteroatoms. The Bertz CT molecular complexity index is 380. The predicted molar refractivity (Wildman–Crippen MR) is 80.5 cm³/mol. The van der Waals surface area contributed by atoms with Crippen LogP contribution in [-0.4, -0.2) is 12.3 Å². The molecule has 0 aliphatic carbocycles. The van der Waals surface area contributed by atoms with Gasteiger partial charge in [0.05, 0.1) is 0 Å². The highest BCUT2D eigenvalue weighted by Crippen LogP contribution is 2.35. The van der Waals surface area contributed by atoms with Crippen LogP contribution in [0.25, 0.3) is 0 Å². The van der Waals surface area contributed by atoms with Crippen molar-refractivity contribution < 1.29 is 0 Å². The monoisotopic (exact) mass is 313 g/mol. The molecule has 0 fully saturated rings. The molecule has 1 aromatic rings. The lowest BCUT2D eigenvalue weighted by atomic mass is 9.92. The van der Waals surface area contributed by atoms with E-state index >= 15 is 0 Å². The first-order chi connectivity index (χ1) is 8.22. The summed E-state index contributed by atoms with van der Waals surface area (Å²) in [6.07, 6.45) is 1.19. The van der Waals surface area contributed by atoms with E-state index in [1.807, 2.05) is 0 Å². The molecule has 1 heterocycles. The van der Waals surface area contributed by atoms with E-state index < -0.39 is 0 Å². The highest BCUT2D eigenvalue weighted by molar-refractivity contribution is 9.10. The minimum atomic E-state index is 0.512. The van der Waals surface area contributed by atoms with Gasteiger partial charge in [0.1, 0.15) is 0 Å². The molecule has 1 aliphatic heterocycles. The SMILES string of the molecule is CCCNC1c2cc(Br)ccc2CSCC1C. The molecule has 0 aromatic heterocycles. The van der Waals surface area contributed by atoms with Crippen molar-refractivity contribution in [1.82, 2.24) is 5.32 Å². The van der Waals surface area contributed by atoms with E-state index in [0.717, 1.165) is 12.3 Å². The van der Waals surface area contributed by atoms with Crippen LogP contribution in [0.1, 0.15) is 37.4 Å². The second-order valence-corrected chi connectivity index (χ2v) is 6.71. The number of hydrogen-bond donors (Lipinski definition) is 1. The summed E-state index contributed by atoms with van der Waals surface area (Å²) >= 11 is 5.65. The fraction of sp³-hybridized carbons (Fsp3) is 0.571. The third kappa shape index (κ3) is 3.27. The average molecular weight is 314 g/mol. The molecule has 1 aromatic carbocycles. The summed E-state index contributed by atoms with van der Waals surface area (Å²) in [7, 11) is 0. The molecule has 2 atom stereocenters. The number of hydrogen-bond acceptors (Lipinski definition) is 2. The van der Waals surface area contributed by atoms with E-state index in [9.17, 15) is 0 Å². The molecule has 1 aliphatic rings. The zero-order chi connectivity index (χ0) is 12.3. The molecule has 17 heavy (non-hydrogen) atoms. The number of thioether (sulfide) groups is 1. The number of rotatable bonds is 3. The molecule has 0 amide bonds. The summed E-state index contributed by atoms with van der Waals surface area (Å²) in [4.78, 5) is 0. The Morgan fingerprint density at radius 1 is 1.47 bits per heavy atom. The predicted octanol–water partition coefficient (Wildman–Crippen LogP) is 4.37. The Balaban J connectivity index is 2.31. The Kier molecular flexibility index (Phi) is 4.95. The molecule has 0 saturated carbocycles. The summed E-state index contributed by atoms with van der Waals surface area (Å²) in [5, 5.41) is 3.71. The Morgan fingerprint density at radius 3 is 3.06 bits per heavy atom. The standard InChI is InChI=1S/C14H20BrNS/c1-3-6-16-14-10(2)8-17-9-11-4-5-12(15)7-13(11)14/h4-5,7,10,14,16H,3,6,8-9H2,1-2H3. The second-order valence-electron chi connectivity index (χ2n) is 4.77. The number of nitrogens with one attached hydrogen (secondary N) is 1. The fourth-order valence-corrected chi connectivity index (χ4v) is 3.90. The molecular formula is C14H20BrNS. The van der Waals surface area contributed by atoms with Gasteiger partial charge in [-0.05, 0) is 47.9 Å². The maximum Gasteiger partial charge on any atom is 0.0357 e. The largest absolute Gasteiger partial charge is 0.310 e. The smallest absolute Gasteiger partial charge is 0.0357 e. The first kappa shape index (κ1) is 13.4. The van der Waals surface area contributed by atoms with E-state index in [-0.39, 0.29) is 0 Å². The lowest BCUT2D eigenvalue weighted by Gasteiger charge is -2.24. The van der Waals surface area contributed by atoms with Crippen molar-refractivity contribution >= 4 is 27.7 Å². The third-order valence-corrected chi connectivity index (χ3v) is 5.03. The molecule has 2 rings (SSSR count). The first-order valence-electron chi connectivity index (χ1n) is 6.31. The van der Waals surface area contributed by atoms with Crippen LogP contribution in [-0.2, 0) is 5.75 Å². The minimum Gasteiger partial charge on any atom is -0.310 e. The number of benzene rings is 1. The summed E-state index contributed by atoms with van der Waals surface area (Å²) in [5.41, 5.74) is 2.99. The first-order valence-corrected chi connectivity index (χ1v) is 8.26. The number of fused-ring (bicyclic) bond motifs is 1. The molecule has 0 bridgehead atoms. The van der Waals surface area contributed by atoms with Crippen LogP contribution >= 0.6 is 27.7 Å². The highest BCUT2D eigenvalue weighted by atomic mass is 79.9. The van der Waals surface area contributed by atoms with E-state index in [4.69, 9.17) is 0 Å². The molecular weight excluding hydrogens is 294 g/mol. The van der Waals surface area contributed by atoms with Crippen molar-refractivity contribution in [3.05, 3.63) is 33.8 Å². The van der Waals surface area contributed by atoms with E-state index in [0.29, 0.717) is 12.0 Å². The van der Waals surface area contributed by atoms with Crippen LogP contribution in [0.4, 0.5) is 0 Å². The Morgan fingerprint density at radius 2 is 2.29 bits per heavy atom. The van der Waals surface area contributed by atoms with Crippen molar-refractivity contribution in [3.8, 4) is 0 Å². The average Bonchev–Trinajstić information content (AvgIpc) is 2.46. The van der Waals surface area contributed by atoms with Gasteiger partial charge in [0.15, 0.2) is 0 Å².